The predicted molar refractivity (Wildman–Crippen MR) is 112 cm³/mol. The molecule has 3 N–H and O–H groups in total. The van der Waals surface area contributed by atoms with E-state index in [0.29, 0.717) is 17.6 Å². The molecule has 2 aromatic heterocycles. The van der Waals surface area contributed by atoms with Crippen LogP contribution in [-0.2, 0) is 12.0 Å². The van der Waals surface area contributed by atoms with Crippen molar-refractivity contribution in [1.29, 1.82) is 0 Å². The van der Waals surface area contributed by atoms with Gasteiger partial charge in [0.15, 0.2) is 0 Å². The van der Waals surface area contributed by atoms with Gasteiger partial charge in [-0.3, -0.25) is 4.79 Å². The van der Waals surface area contributed by atoms with Crippen molar-refractivity contribution in [3.63, 3.8) is 0 Å². The Hall–Kier alpha value is -3.35. The summed E-state index contributed by atoms with van der Waals surface area (Å²) in [6.07, 6.45) is 1.35. The molecule has 1 aromatic carbocycles. The van der Waals surface area contributed by atoms with Gasteiger partial charge in [-0.05, 0) is 49.6 Å². The summed E-state index contributed by atoms with van der Waals surface area (Å²) in [5.74, 6) is -0.780. The van der Waals surface area contributed by atoms with Crippen molar-refractivity contribution in [2.75, 3.05) is 0 Å². The number of rotatable bonds is 2. The molecule has 0 spiro atoms. The molecule has 0 amide bonds. The van der Waals surface area contributed by atoms with Gasteiger partial charge in [-0.25, -0.2) is 9.78 Å². The number of nitrogens with zero attached hydrogens (tertiary/aromatic N) is 2. The van der Waals surface area contributed by atoms with Crippen LogP contribution in [0.5, 0.6) is 11.5 Å². The summed E-state index contributed by atoms with van der Waals surface area (Å²) in [5.41, 5.74) is 1.25. The molecule has 0 saturated carbocycles. The summed E-state index contributed by atoms with van der Waals surface area (Å²) >= 11 is 0. The zero-order valence-corrected chi connectivity index (χ0v) is 17.2. The van der Waals surface area contributed by atoms with Gasteiger partial charge in [0.1, 0.15) is 22.7 Å². The minimum Gasteiger partial charge on any atom is -0.508 e. The molecule has 0 bridgehead atoms. The Morgan fingerprint density at radius 2 is 1.79 bits per heavy atom. The van der Waals surface area contributed by atoms with Crippen molar-refractivity contribution in [3.8, 4) is 11.5 Å². The Labute approximate surface area is 168 Å². The number of aromatic hydroxyl groups is 2. The number of aromatic nitrogens is 2. The van der Waals surface area contributed by atoms with E-state index in [2.05, 4.69) is 4.98 Å². The maximum absolute atomic E-state index is 11.9. The topological polar surface area (TPSA) is 113 Å². The number of fused-ring (bicyclic) bond motifs is 1. The SMILES string of the molecule is CC(C)(C)c1cc(O)ccc1O.CCn1cc(C(=O)O)c(=O)c2ccc(C)nc21. The third-order valence-corrected chi connectivity index (χ3v) is 4.42. The average Bonchev–Trinajstić information content (AvgIpc) is 2.63. The van der Waals surface area contributed by atoms with Gasteiger partial charge in [-0.15, -0.1) is 0 Å². The molecule has 0 fully saturated rings. The van der Waals surface area contributed by atoms with Crippen molar-refractivity contribution in [2.24, 2.45) is 0 Å². The molecular formula is C22H26N2O5. The quantitative estimate of drug-likeness (QED) is 0.566. The number of phenolic OH excluding ortho intramolecular Hbond substituents is 2. The van der Waals surface area contributed by atoms with Crippen LogP contribution in [-0.4, -0.2) is 30.8 Å². The van der Waals surface area contributed by atoms with E-state index >= 15 is 0 Å². The molecule has 0 radical (unpaired) electrons. The molecule has 0 aliphatic carbocycles. The van der Waals surface area contributed by atoms with Gasteiger partial charge in [-0.2, -0.15) is 0 Å². The zero-order chi connectivity index (χ0) is 21.9. The molecule has 2 heterocycles. The van der Waals surface area contributed by atoms with Gasteiger partial charge < -0.3 is 19.9 Å². The normalized spacial score (nSPS) is 11.1. The van der Waals surface area contributed by atoms with Crippen LogP contribution in [0.2, 0.25) is 0 Å². The molecule has 0 unspecified atom stereocenters. The van der Waals surface area contributed by atoms with Crippen LogP contribution >= 0.6 is 0 Å². The third-order valence-electron chi connectivity index (χ3n) is 4.42. The molecule has 7 heteroatoms. The molecule has 3 rings (SSSR count). The first kappa shape index (κ1) is 21.9. The van der Waals surface area contributed by atoms with Crippen LogP contribution in [0.4, 0.5) is 0 Å². The second-order valence-electron chi connectivity index (χ2n) is 7.74. The number of carboxylic acids is 1. The highest BCUT2D eigenvalue weighted by Crippen LogP contribution is 2.32. The lowest BCUT2D eigenvalue weighted by atomic mass is 9.86. The Kier molecular flexibility index (Phi) is 6.31. The summed E-state index contributed by atoms with van der Waals surface area (Å²) in [5, 5.41) is 28.0. The summed E-state index contributed by atoms with van der Waals surface area (Å²) in [7, 11) is 0. The standard InChI is InChI=1S/C12H12N2O3.C10H14O2/c1-3-14-6-9(12(16)17)10(15)8-5-4-7(2)13-11(8)14;1-10(2,3)8-6-7(11)4-5-9(8)12/h4-6H,3H2,1-2H3,(H,16,17);4-6,11-12H,1-3H3. The fourth-order valence-electron chi connectivity index (χ4n) is 2.88. The number of carboxylic acid groups (broad SMARTS) is 1. The number of hydrogen-bond acceptors (Lipinski definition) is 5. The second-order valence-corrected chi connectivity index (χ2v) is 7.74. The molecule has 7 nitrogen and oxygen atoms in total. The van der Waals surface area contributed by atoms with E-state index in [1.165, 1.54) is 18.3 Å². The maximum Gasteiger partial charge on any atom is 0.341 e. The Balaban J connectivity index is 0.000000221. The Bertz CT molecular complexity index is 1110. The molecule has 0 saturated heterocycles. The van der Waals surface area contributed by atoms with Crippen LogP contribution in [0.1, 0.15) is 49.3 Å². The van der Waals surface area contributed by atoms with Crippen LogP contribution in [0, 0.1) is 6.92 Å². The van der Waals surface area contributed by atoms with Gasteiger partial charge in [0, 0.05) is 24.0 Å². The van der Waals surface area contributed by atoms with Gasteiger partial charge in [0.25, 0.3) is 0 Å². The molecule has 0 aliphatic heterocycles. The summed E-state index contributed by atoms with van der Waals surface area (Å²) in [4.78, 5) is 27.2. The molecule has 154 valence electrons. The highest BCUT2D eigenvalue weighted by Gasteiger charge is 2.18. The first-order chi connectivity index (χ1) is 13.5. The Morgan fingerprint density at radius 3 is 2.31 bits per heavy atom. The number of carbonyl (C=O) groups is 1. The van der Waals surface area contributed by atoms with Crippen LogP contribution in [0.15, 0.2) is 41.3 Å². The van der Waals surface area contributed by atoms with Gasteiger partial charge in [0.05, 0.1) is 5.39 Å². The lowest BCUT2D eigenvalue weighted by Gasteiger charge is -2.20. The van der Waals surface area contributed by atoms with Crippen molar-refractivity contribution >= 4 is 17.0 Å². The molecule has 29 heavy (non-hydrogen) atoms. The molecule has 0 atom stereocenters. The van der Waals surface area contributed by atoms with Gasteiger partial charge in [-0.1, -0.05) is 20.8 Å². The monoisotopic (exact) mass is 398 g/mol. The van der Waals surface area contributed by atoms with E-state index in [0.717, 1.165) is 11.3 Å². The molecule has 0 aliphatic rings. The Morgan fingerprint density at radius 1 is 1.14 bits per heavy atom. The van der Waals surface area contributed by atoms with E-state index < -0.39 is 11.4 Å². The minimum atomic E-state index is -1.21. The van der Waals surface area contributed by atoms with Crippen molar-refractivity contribution in [2.45, 2.75) is 46.6 Å². The minimum absolute atomic E-state index is 0.136. The maximum atomic E-state index is 11.9. The summed E-state index contributed by atoms with van der Waals surface area (Å²) in [6, 6.07) is 7.91. The third kappa shape index (κ3) is 4.93. The largest absolute Gasteiger partial charge is 0.508 e. The number of benzene rings is 1. The fourth-order valence-corrected chi connectivity index (χ4v) is 2.88. The number of pyridine rings is 2. The van der Waals surface area contributed by atoms with Crippen LogP contribution in [0.3, 0.4) is 0 Å². The first-order valence-electron chi connectivity index (χ1n) is 9.22. The van der Waals surface area contributed by atoms with E-state index in [4.69, 9.17) is 5.11 Å². The van der Waals surface area contributed by atoms with Crippen molar-refractivity contribution < 1.29 is 20.1 Å². The predicted octanol–water partition coefficient (Wildman–Crippen LogP) is 3.82. The van der Waals surface area contributed by atoms with E-state index in [9.17, 15) is 19.8 Å². The van der Waals surface area contributed by atoms with E-state index in [1.807, 2.05) is 34.6 Å². The number of hydrogen-bond donors (Lipinski definition) is 3. The lowest BCUT2D eigenvalue weighted by Crippen LogP contribution is -2.19. The highest BCUT2D eigenvalue weighted by atomic mass is 16.4. The number of phenols is 2. The molecule has 3 aromatic rings. The number of aryl methyl sites for hydroxylation is 2. The number of aromatic carboxylic acids is 1. The smallest absolute Gasteiger partial charge is 0.341 e. The van der Waals surface area contributed by atoms with Gasteiger partial charge >= 0.3 is 5.97 Å². The van der Waals surface area contributed by atoms with E-state index in [-0.39, 0.29) is 22.5 Å². The summed E-state index contributed by atoms with van der Waals surface area (Å²) < 4.78 is 1.67. The van der Waals surface area contributed by atoms with E-state index in [1.54, 1.807) is 22.8 Å². The lowest BCUT2D eigenvalue weighted by molar-refractivity contribution is 0.0695. The average molecular weight is 398 g/mol. The van der Waals surface area contributed by atoms with Crippen molar-refractivity contribution in [1.82, 2.24) is 9.55 Å². The fraction of sp³-hybridized carbons (Fsp3) is 0.318. The van der Waals surface area contributed by atoms with Gasteiger partial charge in [0.2, 0.25) is 5.43 Å². The summed E-state index contributed by atoms with van der Waals surface area (Å²) in [6.45, 7) is 10.2. The highest BCUT2D eigenvalue weighted by molar-refractivity contribution is 5.91. The van der Waals surface area contributed by atoms with Crippen LogP contribution in [0.25, 0.3) is 11.0 Å². The zero-order valence-electron chi connectivity index (χ0n) is 17.2. The molecular weight excluding hydrogens is 372 g/mol. The van der Waals surface area contributed by atoms with Crippen LogP contribution < -0.4 is 5.43 Å². The second kappa shape index (κ2) is 8.34. The first-order valence-corrected chi connectivity index (χ1v) is 9.22. The van der Waals surface area contributed by atoms with Crippen molar-refractivity contribution in [3.05, 3.63) is 63.6 Å².